The Kier molecular flexibility index (Phi) is 5.48. The number of hydrogen-bond acceptors (Lipinski definition) is 8. The molecule has 4 bridgehead atoms. The third-order valence-electron chi connectivity index (χ3n) is 6.38. The van der Waals surface area contributed by atoms with Crippen molar-refractivity contribution >= 4 is 23.2 Å². The van der Waals surface area contributed by atoms with Gasteiger partial charge in [0.05, 0.1) is 29.2 Å². The van der Waals surface area contributed by atoms with Gasteiger partial charge in [-0.1, -0.05) is 12.2 Å². The van der Waals surface area contributed by atoms with E-state index in [9.17, 15) is 14.3 Å². The van der Waals surface area contributed by atoms with Crippen molar-refractivity contribution in [3.8, 4) is 0 Å². The van der Waals surface area contributed by atoms with Gasteiger partial charge in [0.15, 0.2) is 0 Å². The molecule has 2 fully saturated rings. The van der Waals surface area contributed by atoms with Crippen molar-refractivity contribution in [3.05, 3.63) is 48.3 Å². The fraction of sp³-hybridized carbons (Fsp3) is 0.455. The van der Waals surface area contributed by atoms with Crippen molar-refractivity contribution < 1.29 is 14.3 Å². The predicted octanol–water partition coefficient (Wildman–Crippen LogP) is 1.65. The highest BCUT2D eigenvalue weighted by Crippen LogP contribution is 2.42. The summed E-state index contributed by atoms with van der Waals surface area (Å²) in [5.41, 5.74) is 0.751. The van der Waals surface area contributed by atoms with Gasteiger partial charge in [0.2, 0.25) is 11.9 Å². The van der Waals surface area contributed by atoms with E-state index in [0.717, 1.165) is 32.5 Å². The van der Waals surface area contributed by atoms with E-state index in [0.29, 0.717) is 36.8 Å². The normalized spacial score (nSPS) is 24.1. The second-order valence-corrected chi connectivity index (χ2v) is 8.54. The topological polar surface area (TPSA) is 107 Å². The zero-order valence-electron chi connectivity index (χ0n) is 17.7. The van der Waals surface area contributed by atoms with Crippen LogP contribution in [0.1, 0.15) is 29.8 Å². The highest BCUT2D eigenvalue weighted by Gasteiger charge is 2.49. The van der Waals surface area contributed by atoms with Crippen molar-refractivity contribution in [2.45, 2.75) is 30.9 Å². The van der Waals surface area contributed by atoms with Gasteiger partial charge in [-0.15, -0.1) is 0 Å². The number of fused-ring (bicyclic) bond motifs is 6. The maximum Gasteiger partial charge on any atom is 0.274 e. The van der Waals surface area contributed by atoms with Gasteiger partial charge in [0, 0.05) is 45.0 Å². The number of aromatic nitrogens is 3. The average molecular weight is 439 g/mol. The molecule has 5 heterocycles. The van der Waals surface area contributed by atoms with E-state index >= 15 is 0 Å². The molecule has 1 atom stereocenters. The van der Waals surface area contributed by atoms with Gasteiger partial charge >= 0.3 is 0 Å². The molecule has 10 heteroatoms. The number of aliphatic hydroxyl groups excluding tert-OH is 1. The second kappa shape index (κ2) is 8.44. The molecule has 2 aromatic heterocycles. The Hall–Kier alpha value is -3.11. The first-order valence-electron chi connectivity index (χ1n) is 10.9. The van der Waals surface area contributed by atoms with Crippen LogP contribution in [0.5, 0.6) is 0 Å². The molecule has 3 N–H and O–H groups in total. The van der Waals surface area contributed by atoms with E-state index in [1.807, 2.05) is 6.08 Å². The molecule has 0 aromatic carbocycles. The molecule has 9 nitrogen and oxygen atoms in total. The zero-order chi connectivity index (χ0) is 22.1. The lowest BCUT2D eigenvalue weighted by molar-refractivity contribution is 0.102. The van der Waals surface area contributed by atoms with Gasteiger partial charge in [-0.05, 0) is 25.3 Å². The Morgan fingerprint density at radius 1 is 1.16 bits per heavy atom. The smallest absolute Gasteiger partial charge is 0.274 e. The number of nitrogens with one attached hydrogen (secondary N) is 2. The van der Waals surface area contributed by atoms with E-state index in [4.69, 9.17) is 0 Å². The van der Waals surface area contributed by atoms with Crippen molar-refractivity contribution in [2.75, 3.05) is 48.3 Å². The summed E-state index contributed by atoms with van der Waals surface area (Å²) in [5, 5.41) is 16.8. The first-order chi connectivity index (χ1) is 15.5. The molecule has 3 aliphatic heterocycles. The minimum Gasteiger partial charge on any atom is -0.390 e. The molecule has 1 amide bonds. The summed E-state index contributed by atoms with van der Waals surface area (Å²) in [6, 6.07) is 2.88. The summed E-state index contributed by atoms with van der Waals surface area (Å²) in [4.78, 5) is 29.6. The van der Waals surface area contributed by atoms with Gasteiger partial charge in [0.25, 0.3) is 5.91 Å². The summed E-state index contributed by atoms with van der Waals surface area (Å²) in [7, 11) is 0. The maximum absolute atomic E-state index is 13.9. The SMILES string of the molecule is O=C1Nc2cnc(F)cc2N2CCN(C/C=C/CC(O)C3(CC3)Nc3nccc1n3)CC2. The molecular formula is C22H26FN7O2. The number of carbonyl (C=O) groups excluding carboxylic acids is 1. The quantitative estimate of drug-likeness (QED) is 0.420. The molecule has 0 radical (unpaired) electrons. The second-order valence-electron chi connectivity index (χ2n) is 8.54. The largest absolute Gasteiger partial charge is 0.390 e. The molecule has 2 aromatic rings. The van der Waals surface area contributed by atoms with Crippen LogP contribution in [0.25, 0.3) is 0 Å². The number of piperazine rings is 1. The van der Waals surface area contributed by atoms with E-state index in [1.54, 1.807) is 0 Å². The summed E-state index contributed by atoms with van der Waals surface area (Å²) >= 11 is 0. The number of nitrogens with zero attached hydrogens (tertiary/aromatic N) is 5. The number of carbonyl (C=O) groups is 1. The van der Waals surface area contributed by atoms with Crippen LogP contribution in [0.3, 0.4) is 0 Å². The van der Waals surface area contributed by atoms with Crippen LogP contribution in [0.2, 0.25) is 0 Å². The van der Waals surface area contributed by atoms with Crippen molar-refractivity contribution in [2.24, 2.45) is 0 Å². The van der Waals surface area contributed by atoms with Crippen LogP contribution in [0.4, 0.5) is 21.7 Å². The molecule has 4 aliphatic rings. The van der Waals surface area contributed by atoms with Gasteiger partial charge in [0.1, 0.15) is 5.69 Å². The summed E-state index contributed by atoms with van der Waals surface area (Å²) in [5.74, 6) is -0.726. The van der Waals surface area contributed by atoms with Crippen molar-refractivity contribution in [1.29, 1.82) is 0 Å². The van der Waals surface area contributed by atoms with Gasteiger partial charge in [-0.2, -0.15) is 4.39 Å². The molecule has 32 heavy (non-hydrogen) atoms. The van der Waals surface area contributed by atoms with Crippen LogP contribution >= 0.6 is 0 Å². The van der Waals surface area contributed by atoms with Crippen LogP contribution < -0.4 is 15.5 Å². The van der Waals surface area contributed by atoms with Crippen LogP contribution in [0.15, 0.2) is 36.7 Å². The van der Waals surface area contributed by atoms with Crippen LogP contribution in [-0.2, 0) is 0 Å². The molecule has 1 saturated heterocycles. The zero-order valence-corrected chi connectivity index (χ0v) is 17.7. The fourth-order valence-electron chi connectivity index (χ4n) is 4.25. The first-order valence-corrected chi connectivity index (χ1v) is 10.9. The van der Waals surface area contributed by atoms with Crippen molar-refractivity contribution in [3.63, 3.8) is 0 Å². The number of rotatable bonds is 0. The van der Waals surface area contributed by atoms with Crippen molar-refractivity contribution in [1.82, 2.24) is 19.9 Å². The fourth-order valence-corrected chi connectivity index (χ4v) is 4.25. The molecular weight excluding hydrogens is 413 g/mol. The average Bonchev–Trinajstić information content (AvgIpc) is 3.58. The Morgan fingerprint density at radius 2 is 1.97 bits per heavy atom. The number of anilines is 3. The molecule has 1 spiro atoms. The third-order valence-corrected chi connectivity index (χ3v) is 6.38. The van der Waals surface area contributed by atoms with E-state index in [-0.39, 0.29) is 5.69 Å². The van der Waals surface area contributed by atoms with E-state index in [1.165, 1.54) is 24.5 Å². The van der Waals surface area contributed by atoms with Crippen LogP contribution in [0, 0.1) is 5.95 Å². The number of amides is 1. The number of hydrogen-bond donors (Lipinski definition) is 3. The number of pyridine rings is 1. The van der Waals surface area contributed by atoms with E-state index in [2.05, 4.69) is 41.5 Å². The van der Waals surface area contributed by atoms with Gasteiger partial charge in [-0.3, -0.25) is 9.69 Å². The van der Waals surface area contributed by atoms with E-state index < -0.39 is 23.5 Å². The van der Waals surface area contributed by atoms with Gasteiger partial charge in [-0.25, -0.2) is 15.0 Å². The first kappa shape index (κ1) is 20.8. The maximum atomic E-state index is 13.9. The Bertz CT molecular complexity index is 1030. The summed E-state index contributed by atoms with van der Waals surface area (Å²) in [6.45, 7) is 3.82. The Morgan fingerprint density at radius 3 is 2.75 bits per heavy atom. The minimum absolute atomic E-state index is 0.175. The third kappa shape index (κ3) is 4.28. The summed E-state index contributed by atoms with van der Waals surface area (Å²) in [6.07, 6.45) is 8.55. The molecule has 1 unspecified atom stereocenters. The van der Waals surface area contributed by atoms with Crippen LogP contribution in [-0.4, -0.2) is 75.2 Å². The highest BCUT2D eigenvalue weighted by atomic mass is 19.1. The predicted molar refractivity (Wildman–Crippen MR) is 118 cm³/mol. The standard InChI is InChI=1S/C22H26FN7O2/c23-19-13-17-16(14-25-19)26-20(32)15-4-7-24-21(27-15)28-22(5-6-22)18(31)3-1-2-8-29-9-11-30(17)12-10-29/h1-2,4,7,13-14,18,31H,3,5-6,8-12H2,(H,26,32)(H,24,27,28)/b2-1+. The molecule has 1 saturated carbocycles. The molecule has 168 valence electrons. The lowest BCUT2D eigenvalue weighted by Gasteiger charge is -2.36. The number of halogens is 1. The van der Waals surface area contributed by atoms with Gasteiger partial charge < -0.3 is 20.6 Å². The highest BCUT2D eigenvalue weighted by molar-refractivity contribution is 6.04. The Balaban J connectivity index is 1.47. The summed E-state index contributed by atoms with van der Waals surface area (Å²) < 4.78 is 13.9. The minimum atomic E-state index is -0.590. The lowest BCUT2D eigenvalue weighted by Crippen LogP contribution is -2.46. The number of aliphatic hydroxyl groups is 1. The molecule has 6 rings (SSSR count). The monoisotopic (exact) mass is 439 g/mol. The lowest BCUT2D eigenvalue weighted by atomic mass is 10.1. The Labute approximate surface area is 185 Å². The molecule has 1 aliphatic carbocycles.